The Balaban J connectivity index is -0.0000000904. The Hall–Kier alpha value is 1.90. The third-order valence-corrected chi connectivity index (χ3v) is 1.89. The van der Waals surface area contributed by atoms with Gasteiger partial charge in [-0.05, 0) is 0 Å². The van der Waals surface area contributed by atoms with Gasteiger partial charge in [0.1, 0.15) is 0 Å². The maximum absolute atomic E-state index is 9.59. The summed E-state index contributed by atoms with van der Waals surface area (Å²) < 4.78 is 56.0. The van der Waals surface area contributed by atoms with Crippen LogP contribution in [0.3, 0.4) is 0 Å². The zero-order valence-corrected chi connectivity index (χ0v) is 13.6. The molecule has 0 heterocycles. The Morgan fingerprint density at radius 1 is 1.06 bits per heavy atom. The average molecular weight is 320 g/mol. The molecular formula is H3MgNaO11P2S. The molecule has 1 atom stereocenters. The van der Waals surface area contributed by atoms with Gasteiger partial charge in [-0.15, -0.1) is 0 Å². The van der Waals surface area contributed by atoms with E-state index in [1.165, 1.54) is 0 Å². The summed E-state index contributed by atoms with van der Waals surface area (Å²) in [6.07, 6.45) is 0. The molecule has 0 amide bonds. The molecule has 0 saturated carbocycles. The van der Waals surface area contributed by atoms with Crippen molar-refractivity contribution in [3.05, 3.63) is 0 Å². The van der Waals surface area contributed by atoms with Gasteiger partial charge in [0.25, 0.3) is 7.82 Å². The van der Waals surface area contributed by atoms with Crippen molar-refractivity contribution in [3.63, 3.8) is 0 Å². The molecule has 0 spiro atoms. The van der Waals surface area contributed by atoms with Gasteiger partial charge in [-0.3, -0.25) is 13.0 Å². The maximum Gasteiger partial charge on any atom is 2.00 e. The van der Waals surface area contributed by atoms with Crippen LogP contribution in [0.2, 0.25) is 0 Å². The molecule has 0 radical (unpaired) electrons. The predicted octanol–water partition coefficient (Wildman–Crippen LogP) is -6.16. The summed E-state index contributed by atoms with van der Waals surface area (Å²) in [6.45, 7) is 0. The minimum absolute atomic E-state index is 0. The van der Waals surface area contributed by atoms with E-state index in [4.69, 9.17) is 32.2 Å². The number of hydrogen-bond donors (Lipinski definition) is 3. The second kappa shape index (κ2) is 9.78. The third-order valence-electron chi connectivity index (χ3n) is 0.210. The quantitative estimate of drug-likeness (QED) is 0.188. The number of phosphoric acid groups is 2. The van der Waals surface area contributed by atoms with Gasteiger partial charge < -0.3 is 28.7 Å². The van der Waals surface area contributed by atoms with Crippen LogP contribution in [-0.2, 0) is 23.8 Å². The Morgan fingerprint density at radius 2 is 1.25 bits per heavy atom. The molecule has 16 heteroatoms. The minimum atomic E-state index is -5.30. The summed E-state index contributed by atoms with van der Waals surface area (Å²) in [7, 11) is -15.6. The van der Waals surface area contributed by atoms with Gasteiger partial charge >= 0.3 is 60.4 Å². The molecule has 11 nitrogen and oxygen atoms in total. The van der Waals surface area contributed by atoms with Crippen LogP contribution in [0.25, 0.3) is 0 Å². The van der Waals surface area contributed by atoms with Gasteiger partial charge in [0.15, 0.2) is 0 Å². The van der Waals surface area contributed by atoms with Crippen molar-refractivity contribution in [2.75, 3.05) is 0 Å². The molecule has 0 saturated heterocycles. The predicted molar refractivity (Wildman–Crippen MR) is 39.2 cm³/mol. The Bertz CT molecular complexity index is 318. The van der Waals surface area contributed by atoms with E-state index in [0.29, 0.717) is 0 Å². The second-order valence-electron chi connectivity index (χ2n) is 1.45. The first-order chi connectivity index (χ1) is 5.71. The standard InChI is InChI=1S/Mg.Na.H4O7P2.H2O4S/c;;1-8(2,3)7-9(4,5)6;1-5(2,3)4/h;;(H2,1,2,3)(H2,4,5,6);(H2,1,2,3,4)/q+2;+1;;/p-3. The van der Waals surface area contributed by atoms with E-state index in [9.17, 15) is 14.0 Å². The normalized spacial score (nSPS) is 14.4. The molecule has 0 aliphatic carbocycles. The molecule has 0 fully saturated rings. The Labute approximate surface area is 128 Å². The maximum atomic E-state index is 9.59. The fraction of sp³-hybridized carbons (Fsp3) is 0. The molecule has 0 aromatic heterocycles. The van der Waals surface area contributed by atoms with Crippen LogP contribution in [-0.4, -0.2) is 55.3 Å². The van der Waals surface area contributed by atoms with Gasteiger partial charge in [-0.25, -0.2) is 8.88 Å². The molecule has 16 heavy (non-hydrogen) atoms. The van der Waals surface area contributed by atoms with E-state index in [0.717, 1.165) is 0 Å². The van der Waals surface area contributed by atoms with Crippen LogP contribution < -0.4 is 34.5 Å². The van der Waals surface area contributed by atoms with E-state index in [2.05, 4.69) is 4.31 Å². The summed E-state index contributed by atoms with van der Waals surface area (Å²) in [4.78, 5) is 32.6. The Morgan fingerprint density at radius 3 is 1.25 bits per heavy atom. The van der Waals surface area contributed by atoms with Gasteiger partial charge in [0.05, 0.1) is 0 Å². The van der Waals surface area contributed by atoms with Crippen molar-refractivity contribution in [2.24, 2.45) is 0 Å². The largest absolute Gasteiger partial charge is 2.00 e. The molecule has 0 aromatic rings. The first-order valence-electron chi connectivity index (χ1n) is 2.18. The van der Waals surface area contributed by atoms with Gasteiger partial charge in [0, 0.05) is 10.4 Å². The SMILES string of the molecule is O=P([O-])(O)OP(=O)(O)O.O=S(=O)([O-])[O-].[Mg+2].[Na+]. The first-order valence-corrected chi connectivity index (χ1v) is 6.54. The van der Waals surface area contributed by atoms with E-state index in [1.807, 2.05) is 0 Å². The van der Waals surface area contributed by atoms with Crippen molar-refractivity contribution < 1.29 is 80.1 Å². The van der Waals surface area contributed by atoms with E-state index >= 15 is 0 Å². The number of rotatable bonds is 2. The molecule has 88 valence electrons. The van der Waals surface area contributed by atoms with Crippen molar-refractivity contribution >= 4 is 49.1 Å². The minimum Gasteiger partial charge on any atom is -0.759 e. The molecule has 0 aliphatic rings. The van der Waals surface area contributed by atoms with Crippen LogP contribution in [0, 0.1) is 0 Å². The molecule has 0 aromatic carbocycles. The second-order valence-corrected chi connectivity index (χ2v) is 4.84. The molecule has 3 N–H and O–H groups in total. The van der Waals surface area contributed by atoms with Crippen molar-refractivity contribution in [3.8, 4) is 0 Å². The van der Waals surface area contributed by atoms with E-state index in [-0.39, 0.29) is 52.6 Å². The van der Waals surface area contributed by atoms with Gasteiger partial charge in [-0.2, -0.15) is 0 Å². The van der Waals surface area contributed by atoms with Crippen molar-refractivity contribution in [1.82, 2.24) is 0 Å². The fourth-order valence-electron chi connectivity index (χ4n) is 0.134. The van der Waals surface area contributed by atoms with Crippen molar-refractivity contribution in [2.45, 2.75) is 0 Å². The van der Waals surface area contributed by atoms with Crippen LogP contribution >= 0.6 is 15.6 Å². The van der Waals surface area contributed by atoms with Crippen LogP contribution in [0.5, 0.6) is 0 Å². The summed E-state index contributed by atoms with van der Waals surface area (Å²) in [6, 6.07) is 0. The Kier molecular flexibility index (Phi) is 16.2. The summed E-state index contributed by atoms with van der Waals surface area (Å²) >= 11 is 0. The molecule has 0 bridgehead atoms. The first kappa shape index (κ1) is 26.5. The van der Waals surface area contributed by atoms with Gasteiger partial charge in [0.2, 0.25) is 0 Å². The summed E-state index contributed by atoms with van der Waals surface area (Å²) in [5.74, 6) is 0. The average Bonchev–Trinajstić information content (AvgIpc) is 1.42. The zero-order valence-electron chi connectivity index (χ0n) is 7.62. The fourth-order valence-corrected chi connectivity index (χ4v) is 1.21. The van der Waals surface area contributed by atoms with Gasteiger partial charge in [-0.1, -0.05) is 0 Å². The third kappa shape index (κ3) is 56.6. The van der Waals surface area contributed by atoms with Crippen LogP contribution in [0.1, 0.15) is 0 Å². The van der Waals surface area contributed by atoms with Crippen LogP contribution in [0.4, 0.5) is 0 Å². The topological polar surface area (TPSA) is 207 Å². The molecular weight excluding hydrogens is 317 g/mol. The molecule has 0 rings (SSSR count). The zero-order chi connectivity index (χ0) is 12.2. The van der Waals surface area contributed by atoms with E-state index in [1.54, 1.807) is 0 Å². The molecule has 0 aliphatic heterocycles. The molecule has 1 unspecified atom stereocenters. The monoisotopic (exact) mass is 320 g/mol. The number of hydrogen-bond acceptors (Lipinski definition) is 8. The van der Waals surface area contributed by atoms with E-state index < -0.39 is 26.0 Å². The summed E-state index contributed by atoms with van der Waals surface area (Å²) in [5.41, 5.74) is 0. The van der Waals surface area contributed by atoms with Crippen molar-refractivity contribution in [1.29, 1.82) is 0 Å². The van der Waals surface area contributed by atoms with Crippen LogP contribution in [0.15, 0.2) is 0 Å². The smallest absolute Gasteiger partial charge is 0.759 e. The summed E-state index contributed by atoms with van der Waals surface area (Å²) in [5, 5.41) is 0.